The molecule has 0 fully saturated rings. The average Bonchev–Trinajstić information content (AvgIpc) is 2.37. The zero-order valence-corrected chi connectivity index (χ0v) is 14.5. The molecule has 0 aliphatic heterocycles. The Kier molecular flexibility index (Phi) is 7.16. The van der Waals surface area contributed by atoms with Crippen LogP contribution in [0.4, 0.5) is 4.79 Å². The third kappa shape index (κ3) is 8.50. The van der Waals surface area contributed by atoms with Crippen LogP contribution in [0.2, 0.25) is 0 Å². The van der Waals surface area contributed by atoms with Gasteiger partial charge in [0.1, 0.15) is 5.60 Å². The van der Waals surface area contributed by atoms with E-state index in [2.05, 4.69) is 55.6 Å². The molecular weight excluding hydrogens is 274 g/mol. The normalized spacial score (nSPS) is 11.9. The van der Waals surface area contributed by atoms with Crippen LogP contribution in [0.15, 0.2) is 30.3 Å². The number of nitrogens with one attached hydrogen (secondary N) is 1. The third-order valence-electron chi connectivity index (χ3n) is 2.91. The Hall–Kier alpha value is -1.77. The Morgan fingerprint density at radius 1 is 1.23 bits per heavy atom. The van der Waals surface area contributed by atoms with Gasteiger partial charge in [-0.25, -0.2) is 4.79 Å². The largest absolute Gasteiger partial charge is 0.444 e. The van der Waals surface area contributed by atoms with Gasteiger partial charge in [-0.05, 0) is 50.7 Å². The number of amides is 1. The summed E-state index contributed by atoms with van der Waals surface area (Å²) in [5.41, 5.74) is 2.11. The number of benzene rings is 1. The molecule has 122 valence electrons. The number of ether oxygens (including phenoxy) is 1. The van der Waals surface area contributed by atoms with Crippen LogP contribution in [-0.2, 0) is 11.2 Å². The van der Waals surface area contributed by atoms with Gasteiger partial charge in [0.2, 0.25) is 0 Å². The fourth-order valence-corrected chi connectivity index (χ4v) is 2.03. The van der Waals surface area contributed by atoms with Crippen molar-refractivity contribution in [3.05, 3.63) is 41.5 Å². The maximum atomic E-state index is 11.5. The van der Waals surface area contributed by atoms with Crippen LogP contribution in [0.25, 0.3) is 6.08 Å². The molecule has 0 aromatic heterocycles. The van der Waals surface area contributed by atoms with Gasteiger partial charge in [-0.3, -0.25) is 0 Å². The molecule has 0 aliphatic rings. The molecule has 0 unspecified atom stereocenters. The highest BCUT2D eigenvalue weighted by Crippen LogP contribution is 2.11. The first-order chi connectivity index (χ1) is 10.3. The van der Waals surface area contributed by atoms with Gasteiger partial charge in [-0.15, -0.1) is 0 Å². The Morgan fingerprint density at radius 2 is 1.86 bits per heavy atom. The second-order valence-corrected chi connectivity index (χ2v) is 6.96. The molecule has 1 N–H and O–H groups in total. The first-order valence-electron chi connectivity index (χ1n) is 7.98. The number of rotatable bonds is 6. The Bertz CT molecular complexity index is 481. The monoisotopic (exact) mass is 303 g/mol. The second-order valence-electron chi connectivity index (χ2n) is 6.96. The Labute approximate surface area is 134 Å². The van der Waals surface area contributed by atoms with Gasteiger partial charge in [-0.1, -0.05) is 50.3 Å². The van der Waals surface area contributed by atoms with E-state index < -0.39 is 5.60 Å². The van der Waals surface area contributed by atoms with E-state index in [0.29, 0.717) is 12.5 Å². The highest BCUT2D eigenvalue weighted by Gasteiger charge is 2.15. The molecule has 1 rings (SSSR count). The molecule has 0 heterocycles. The zero-order valence-electron chi connectivity index (χ0n) is 14.5. The van der Waals surface area contributed by atoms with Crippen molar-refractivity contribution in [2.75, 3.05) is 6.54 Å². The first-order valence-corrected chi connectivity index (χ1v) is 7.98. The lowest BCUT2D eigenvalue weighted by molar-refractivity contribution is 0.0529. The maximum absolute atomic E-state index is 11.5. The molecule has 1 amide bonds. The van der Waals surface area contributed by atoms with Crippen molar-refractivity contribution in [3.8, 4) is 0 Å². The van der Waals surface area contributed by atoms with Gasteiger partial charge in [-0.2, -0.15) is 0 Å². The predicted molar refractivity (Wildman–Crippen MR) is 92.9 cm³/mol. The summed E-state index contributed by atoms with van der Waals surface area (Å²) >= 11 is 0. The number of hydrogen-bond acceptors (Lipinski definition) is 2. The Morgan fingerprint density at radius 3 is 2.41 bits per heavy atom. The fraction of sp³-hybridized carbons (Fsp3) is 0.526. The fourth-order valence-electron chi connectivity index (χ4n) is 2.03. The van der Waals surface area contributed by atoms with Crippen LogP contribution in [0.1, 0.15) is 52.2 Å². The second kappa shape index (κ2) is 8.62. The van der Waals surface area contributed by atoms with Crippen LogP contribution in [0.5, 0.6) is 0 Å². The molecule has 3 nitrogen and oxygen atoms in total. The third-order valence-corrected chi connectivity index (χ3v) is 2.91. The highest BCUT2D eigenvalue weighted by molar-refractivity contribution is 5.67. The molecule has 1 aromatic carbocycles. The topological polar surface area (TPSA) is 38.3 Å². The minimum absolute atomic E-state index is 0.362. The lowest BCUT2D eigenvalue weighted by Crippen LogP contribution is -2.32. The SMILES string of the molecule is CC(C)Cc1ccc(C=CCCNC(=O)OC(C)(C)C)cc1. The summed E-state index contributed by atoms with van der Waals surface area (Å²) < 4.78 is 5.17. The molecule has 22 heavy (non-hydrogen) atoms. The minimum atomic E-state index is -0.447. The molecule has 0 atom stereocenters. The Balaban J connectivity index is 2.30. The van der Waals surface area contributed by atoms with Crippen molar-refractivity contribution >= 4 is 12.2 Å². The summed E-state index contributed by atoms with van der Waals surface area (Å²) in [6.07, 6.45) is 5.68. The van der Waals surface area contributed by atoms with Crippen molar-refractivity contribution in [1.82, 2.24) is 5.32 Å². The molecule has 0 aliphatic carbocycles. The zero-order chi connectivity index (χ0) is 16.6. The summed E-state index contributed by atoms with van der Waals surface area (Å²) in [4.78, 5) is 11.5. The number of hydrogen-bond donors (Lipinski definition) is 1. The highest BCUT2D eigenvalue weighted by atomic mass is 16.6. The van der Waals surface area contributed by atoms with Gasteiger partial charge in [0.05, 0.1) is 0 Å². The van der Waals surface area contributed by atoms with Crippen LogP contribution in [0.3, 0.4) is 0 Å². The quantitative estimate of drug-likeness (QED) is 0.766. The van der Waals surface area contributed by atoms with Gasteiger partial charge in [0.25, 0.3) is 0 Å². The first kappa shape index (κ1) is 18.3. The van der Waals surface area contributed by atoms with E-state index in [1.807, 2.05) is 20.8 Å². The molecule has 0 bridgehead atoms. The maximum Gasteiger partial charge on any atom is 0.407 e. The van der Waals surface area contributed by atoms with Crippen molar-refractivity contribution in [2.24, 2.45) is 5.92 Å². The lowest BCUT2D eigenvalue weighted by Gasteiger charge is -2.19. The van der Waals surface area contributed by atoms with E-state index in [9.17, 15) is 4.79 Å². The van der Waals surface area contributed by atoms with E-state index in [0.717, 1.165) is 12.8 Å². The summed E-state index contributed by atoms with van der Waals surface area (Å²) in [6.45, 7) is 10.6. The van der Waals surface area contributed by atoms with Gasteiger partial charge >= 0.3 is 6.09 Å². The molecule has 0 saturated heterocycles. The molecule has 0 spiro atoms. The molecule has 0 radical (unpaired) electrons. The van der Waals surface area contributed by atoms with Crippen molar-refractivity contribution < 1.29 is 9.53 Å². The summed E-state index contributed by atoms with van der Waals surface area (Å²) in [5, 5.41) is 2.74. The van der Waals surface area contributed by atoms with E-state index in [1.165, 1.54) is 11.1 Å². The number of carbonyl (C=O) groups is 1. The van der Waals surface area contributed by atoms with Gasteiger partial charge < -0.3 is 10.1 Å². The van der Waals surface area contributed by atoms with E-state index in [1.54, 1.807) is 0 Å². The molecular formula is C19H29NO2. The van der Waals surface area contributed by atoms with Crippen LogP contribution < -0.4 is 5.32 Å². The van der Waals surface area contributed by atoms with Crippen molar-refractivity contribution in [1.29, 1.82) is 0 Å². The van der Waals surface area contributed by atoms with Crippen LogP contribution >= 0.6 is 0 Å². The summed E-state index contributed by atoms with van der Waals surface area (Å²) in [6, 6.07) is 8.63. The van der Waals surface area contributed by atoms with Crippen LogP contribution in [-0.4, -0.2) is 18.2 Å². The smallest absolute Gasteiger partial charge is 0.407 e. The molecule has 1 aromatic rings. The van der Waals surface area contributed by atoms with E-state index in [4.69, 9.17) is 4.74 Å². The van der Waals surface area contributed by atoms with E-state index in [-0.39, 0.29) is 6.09 Å². The summed E-state index contributed by atoms with van der Waals surface area (Å²) in [5.74, 6) is 0.681. The van der Waals surface area contributed by atoms with Crippen LogP contribution in [0, 0.1) is 5.92 Å². The van der Waals surface area contributed by atoms with Gasteiger partial charge in [0, 0.05) is 6.54 Å². The average molecular weight is 303 g/mol. The lowest BCUT2D eigenvalue weighted by atomic mass is 10.0. The number of carbonyl (C=O) groups excluding carboxylic acids is 1. The minimum Gasteiger partial charge on any atom is -0.444 e. The molecule has 3 heteroatoms. The van der Waals surface area contributed by atoms with Crippen molar-refractivity contribution in [3.63, 3.8) is 0 Å². The van der Waals surface area contributed by atoms with Crippen molar-refractivity contribution in [2.45, 2.75) is 53.1 Å². The molecule has 0 saturated carbocycles. The van der Waals surface area contributed by atoms with E-state index >= 15 is 0 Å². The van der Waals surface area contributed by atoms with Gasteiger partial charge in [0.15, 0.2) is 0 Å². The standard InChI is InChI=1S/C19H29NO2/c1-15(2)14-17-11-9-16(10-12-17)8-6-7-13-20-18(21)22-19(3,4)5/h6,8-12,15H,7,13-14H2,1-5H3,(H,20,21). The predicted octanol–water partition coefficient (Wildman–Crippen LogP) is 4.81. The number of alkyl carbamates (subject to hydrolysis) is 1. The summed E-state index contributed by atoms with van der Waals surface area (Å²) in [7, 11) is 0.